The lowest BCUT2D eigenvalue weighted by Gasteiger charge is -2.20. The standard InChI is InChI=1S/C32H63O10P/c1-3-5-6-7-8-9-10-11-12-13-14-15-16-17-18-19-20-21-22-24-32(36)42-30(27-39-31(35)23-4-2)28-41-43(37,38)40-26-29(34)25-33/h29-30,33-34H,3-28H2,1-2H3,(H,37,38). The second kappa shape index (κ2) is 29.7. The molecule has 3 atom stereocenters. The van der Waals surface area contributed by atoms with Crippen molar-refractivity contribution in [1.29, 1.82) is 0 Å². The highest BCUT2D eigenvalue weighted by atomic mass is 31.2. The number of rotatable bonds is 32. The molecule has 0 aromatic carbocycles. The molecule has 0 bridgehead atoms. The maximum Gasteiger partial charge on any atom is 0.472 e. The summed E-state index contributed by atoms with van der Waals surface area (Å²) < 4.78 is 31.9. The monoisotopic (exact) mass is 638 g/mol. The van der Waals surface area contributed by atoms with Gasteiger partial charge in [0.05, 0.1) is 19.8 Å². The zero-order chi connectivity index (χ0) is 32.0. The highest BCUT2D eigenvalue weighted by Gasteiger charge is 2.27. The number of aliphatic hydroxyl groups excluding tert-OH is 2. The molecule has 0 heterocycles. The molecule has 11 heteroatoms. The number of aliphatic hydroxyl groups is 2. The molecule has 0 rings (SSSR count). The molecule has 43 heavy (non-hydrogen) atoms. The van der Waals surface area contributed by atoms with Gasteiger partial charge in [-0.05, 0) is 12.8 Å². The number of esters is 2. The Hall–Kier alpha value is -1.03. The summed E-state index contributed by atoms with van der Waals surface area (Å²) in [5.41, 5.74) is 0. The number of carbonyl (C=O) groups is 2. The topological polar surface area (TPSA) is 149 Å². The van der Waals surface area contributed by atoms with Crippen LogP contribution in [0.15, 0.2) is 0 Å². The molecule has 0 radical (unpaired) electrons. The first-order chi connectivity index (χ1) is 20.7. The average molecular weight is 639 g/mol. The highest BCUT2D eigenvalue weighted by molar-refractivity contribution is 7.47. The molecule has 0 aliphatic carbocycles. The number of phosphoric acid groups is 1. The third-order valence-electron chi connectivity index (χ3n) is 7.23. The molecule has 0 fully saturated rings. The van der Waals surface area contributed by atoms with Gasteiger partial charge in [-0.1, -0.05) is 129 Å². The molecule has 0 aliphatic heterocycles. The van der Waals surface area contributed by atoms with Gasteiger partial charge in [-0.2, -0.15) is 0 Å². The van der Waals surface area contributed by atoms with Crippen LogP contribution >= 0.6 is 7.82 Å². The molecule has 0 aromatic heterocycles. The van der Waals surface area contributed by atoms with E-state index in [1.807, 2.05) is 6.92 Å². The summed E-state index contributed by atoms with van der Waals surface area (Å²) in [7, 11) is -4.58. The Labute approximate surface area is 261 Å². The highest BCUT2D eigenvalue weighted by Crippen LogP contribution is 2.43. The first kappa shape index (κ1) is 42.0. The van der Waals surface area contributed by atoms with Crippen LogP contribution in [0.2, 0.25) is 0 Å². The van der Waals surface area contributed by atoms with Gasteiger partial charge < -0.3 is 24.6 Å². The Morgan fingerprint density at radius 1 is 0.605 bits per heavy atom. The van der Waals surface area contributed by atoms with Gasteiger partial charge in [0.15, 0.2) is 6.10 Å². The minimum atomic E-state index is -4.58. The molecule has 0 aliphatic rings. The van der Waals surface area contributed by atoms with Crippen molar-refractivity contribution in [3.8, 4) is 0 Å². The molecule has 3 unspecified atom stereocenters. The molecule has 0 amide bonds. The summed E-state index contributed by atoms with van der Waals surface area (Å²) in [4.78, 5) is 33.8. The van der Waals surface area contributed by atoms with Crippen molar-refractivity contribution in [2.45, 2.75) is 167 Å². The summed E-state index contributed by atoms with van der Waals surface area (Å²) in [5, 5.41) is 18.1. The van der Waals surface area contributed by atoms with E-state index in [1.54, 1.807) is 0 Å². The number of carbonyl (C=O) groups excluding carboxylic acids is 2. The van der Waals surface area contributed by atoms with E-state index < -0.39 is 51.8 Å². The molecule has 256 valence electrons. The van der Waals surface area contributed by atoms with Crippen molar-refractivity contribution in [1.82, 2.24) is 0 Å². The Morgan fingerprint density at radius 2 is 1.05 bits per heavy atom. The number of phosphoric ester groups is 1. The van der Waals surface area contributed by atoms with Gasteiger partial charge >= 0.3 is 19.8 Å². The number of hydrogen-bond donors (Lipinski definition) is 3. The van der Waals surface area contributed by atoms with Crippen LogP contribution in [-0.4, -0.2) is 65.7 Å². The van der Waals surface area contributed by atoms with E-state index in [-0.39, 0.29) is 19.4 Å². The predicted molar refractivity (Wildman–Crippen MR) is 169 cm³/mol. The lowest BCUT2D eigenvalue weighted by Crippen LogP contribution is -2.29. The fourth-order valence-electron chi connectivity index (χ4n) is 4.62. The fraction of sp³-hybridized carbons (Fsp3) is 0.938. The van der Waals surface area contributed by atoms with Gasteiger partial charge in [-0.15, -0.1) is 0 Å². The fourth-order valence-corrected chi connectivity index (χ4v) is 5.41. The first-order valence-electron chi connectivity index (χ1n) is 17.0. The third kappa shape index (κ3) is 29.4. The molecule has 0 aromatic rings. The number of ether oxygens (including phenoxy) is 2. The molecule has 0 saturated carbocycles. The zero-order valence-electron chi connectivity index (χ0n) is 27.2. The van der Waals surface area contributed by atoms with E-state index in [0.717, 1.165) is 19.3 Å². The van der Waals surface area contributed by atoms with E-state index >= 15 is 0 Å². The van der Waals surface area contributed by atoms with E-state index in [1.165, 1.54) is 96.3 Å². The lowest BCUT2D eigenvalue weighted by atomic mass is 10.0. The van der Waals surface area contributed by atoms with Crippen LogP contribution in [-0.2, 0) is 32.7 Å². The predicted octanol–water partition coefficient (Wildman–Crippen LogP) is 7.55. The van der Waals surface area contributed by atoms with Crippen LogP contribution in [0.3, 0.4) is 0 Å². The van der Waals surface area contributed by atoms with Crippen molar-refractivity contribution in [2.24, 2.45) is 0 Å². The Kier molecular flexibility index (Phi) is 29.0. The largest absolute Gasteiger partial charge is 0.472 e. The minimum absolute atomic E-state index is 0.189. The maximum absolute atomic E-state index is 12.3. The molecule has 0 saturated heterocycles. The summed E-state index contributed by atoms with van der Waals surface area (Å²) in [6.07, 6.45) is 22.6. The van der Waals surface area contributed by atoms with Gasteiger partial charge in [0, 0.05) is 12.8 Å². The van der Waals surface area contributed by atoms with Crippen molar-refractivity contribution < 1.29 is 47.8 Å². The quantitative estimate of drug-likeness (QED) is 0.0383. The van der Waals surface area contributed by atoms with E-state index in [9.17, 15) is 24.2 Å². The number of unbranched alkanes of at least 4 members (excludes halogenated alkanes) is 18. The van der Waals surface area contributed by atoms with Gasteiger partial charge in [-0.3, -0.25) is 18.6 Å². The zero-order valence-corrected chi connectivity index (χ0v) is 28.1. The van der Waals surface area contributed by atoms with E-state index in [4.69, 9.17) is 19.1 Å². The molecule has 10 nitrogen and oxygen atoms in total. The summed E-state index contributed by atoms with van der Waals surface area (Å²) in [6.45, 7) is 1.98. The first-order valence-corrected chi connectivity index (χ1v) is 18.5. The Bertz CT molecular complexity index is 706. The molecule has 3 N–H and O–H groups in total. The van der Waals surface area contributed by atoms with Crippen molar-refractivity contribution >= 4 is 19.8 Å². The summed E-state index contributed by atoms with van der Waals surface area (Å²) in [6, 6.07) is 0. The maximum atomic E-state index is 12.3. The van der Waals surface area contributed by atoms with Crippen molar-refractivity contribution in [3.05, 3.63) is 0 Å². The van der Waals surface area contributed by atoms with Crippen LogP contribution in [0.4, 0.5) is 0 Å². The third-order valence-corrected chi connectivity index (χ3v) is 8.18. The second-order valence-electron chi connectivity index (χ2n) is 11.6. The second-order valence-corrected chi connectivity index (χ2v) is 13.0. The van der Waals surface area contributed by atoms with Crippen molar-refractivity contribution in [2.75, 3.05) is 26.4 Å². The van der Waals surface area contributed by atoms with Gasteiger partial charge in [0.2, 0.25) is 0 Å². The number of hydrogen-bond acceptors (Lipinski definition) is 9. The van der Waals surface area contributed by atoms with Gasteiger partial charge in [-0.25, -0.2) is 4.57 Å². The lowest BCUT2D eigenvalue weighted by molar-refractivity contribution is -0.161. The summed E-state index contributed by atoms with van der Waals surface area (Å²) >= 11 is 0. The average Bonchev–Trinajstić information content (AvgIpc) is 2.98. The van der Waals surface area contributed by atoms with E-state index in [0.29, 0.717) is 12.8 Å². The van der Waals surface area contributed by atoms with Crippen LogP contribution in [0.5, 0.6) is 0 Å². The van der Waals surface area contributed by atoms with Crippen LogP contribution in [0, 0.1) is 0 Å². The van der Waals surface area contributed by atoms with E-state index in [2.05, 4.69) is 11.4 Å². The molecular formula is C32H63O10P. The Balaban J connectivity index is 3.95. The van der Waals surface area contributed by atoms with Crippen LogP contribution in [0.1, 0.15) is 155 Å². The van der Waals surface area contributed by atoms with Crippen molar-refractivity contribution in [3.63, 3.8) is 0 Å². The van der Waals surface area contributed by atoms with Crippen LogP contribution in [0.25, 0.3) is 0 Å². The van der Waals surface area contributed by atoms with Gasteiger partial charge in [0.25, 0.3) is 0 Å². The normalized spacial score (nSPS) is 14.3. The van der Waals surface area contributed by atoms with Crippen LogP contribution < -0.4 is 0 Å². The smallest absolute Gasteiger partial charge is 0.462 e. The molecule has 0 spiro atoms. The summed E-state index contributed by atoms with van der Waals surface area (Å²) in [5.74, 6) is -0.978. The van der Waals surface area contributed by atoms with Gasteiger partial charge in [0.1, 0.15) is 12.7 Å². The minimum Gasteiger partial charge on any atom is -0.462 e. The molecular weight excluding hydrogens is 575 g/mol. The Morgan fingerprint density at radius 3 is 1.49 bits per heavy atom. The SMILES string of the molecule is CCCCCCCCCCCCCCCCCCCCCC(=O)OC(COC(=O)CCC)COP(=O)(O)OCC(O)CO.